The third kappa shape index (κ3) is 2.02. The lowest BCUT2D eigenvalue weighted by molar-refractivity contribution is -0.0282. The summed E-state index contributed by atoms with van der Waals surface area (Å²) in [6.45, 7) is 0. The molecule has 2 aromatic rings. The highest BCUT2D eigenvalue weighted by atomic mass is 16.3. The summed E-state index contributed by atoms with van der Waals surface area (Å²) < 4.78 is 0. The second kappa shape index (κ2) is 4.78. The van der Waals surface area contributed by atoms with Gasteiger partial charge in [-0.25, -0.2) is 0 Å². The molecule has 2 heteroatoms. The average Bonchev–Trinajstić information content (AvgIpc) is 2.54. The van der Waals surface area contributed by atoms with Crippen LogP contribution in [-0.4, -0.2) is 10.2 Å². The molecule has 0 aromatic heterocycles. The van der Waals surface area contributed by atoms with Crippen LogP contribution in [0.25, 0.3) is 0 Å². The maximum absolute atomic E-state index is 10.00. The van der Waals surface area contributed by atoms with E-state index >= 15 is 0 Å². The second-order valence-corrected chi connectivity index (χ2v) is 8.62. The van der Waals surface area contributed by atoms with E-state index in [1.165, 1.54) is 43.2 Å². The fourth-order valence-electron chi connectivity index (χ4n) is 6.61. The van der Waals surface area contributed by atoms with Crippen LogP contribution in [0.1, 0.15) is 49.7 Å². The summed E-state index contributed by atoms with van der Waals surface area (Å²) >= 11 is 0. The topological polar surface area (TPSA) is 40.5 Å². The first-order chi connectivity index (χ1) is 11.6. The van der Waals surface area contributed by atoms with Crippen molar-refractivity contribution in [1.82, 2.24) is 0 Å². The Kier molecular flexibility index (Phi) is 2.87. The number of benzene rings is 2. The molecule has 2 nitrogen and oxygen atoms in total. The predicted octanol–water partition coefficient (Wildman–Crippen LogP) is 4.89. The van der Waals surface area contributed by atoms with Crippen molar-refractivity contribution in [2.45, 2.75) is 49.4 Å². The molecule has 24 heavy (non-hydrogen) atoms. The van der Waals surface area contributed by atoms with E-state index in [0.29, 0.717) is 11.5 Å². The maximum atomic E-state index is 10.00. The van der Waals surface area contributed by atoms with Crippen molar-refractivity contribution >= 4 is 0 Å². The highest BCUT2D eigenvalue weighted by Gasteiger charge is 2.58. The molecule has 4 aliphatic carbocycles. The summed E-state index contributed by atoms with van der Waals surface area (Å²) in [6, 6.07) is 15.9. The second-order valence-electron chi connectivity index (χ2n) is 8.62. The van der Waals surface area contributed by atoms with Crippen molar-refractivity contribution in [2.24, 2.45) is 11.8 Å². The van der Waals surface area contributed by atoms with Crippen LogP contribution >= 0.6 is 0 Å². The van der Waals surface area contributed by atoms with Gasteiger partial charge in [-0.15, -0.1) is 0 Å². The fourth-order valence-corrected chi connectivity index (χ4v) is 6.61. The normalized spacial score (nSPS) is 36.8. The molecule has 2 aromatic carbocycles. The Labute approximate surface area is 143 Å². The number of phenolic OH excluding ortho intramolecular Hbond substituents is 2. The first kappa shape index (κ1) is 14.4. The SMILES string of the molecule is Oc1cccc(C23CC4CC(C2)CC(c2cccc(O)c2)(C4)C3)c1. The molecule has 124 valence electrons. The molecule has 0 aliphatic heterocycles. The van der Waals surface area contributed by atoms with E-state index in [4.69, 9.17) is 0 Å². The van der Waals surface area contributed by atoms with Gasteiger partial charge in [-0.2, -0.15) is 0 Å². The average molecular weight is 320 g/mol. The van der Waals surface area contributed by atoms with E-state index in [-0.39, 0.29) is 10.8 Å². The van der Waals surface area contributed by atoms with Gasteiger partial charge in [0.15, 0.2) is 0 Å². The Morgan fingerprint density at radius 2 is 1.17 bits per heavy atom. The van der Waals surface area contributed by atoms with E-state index in [1.807, 2.05) is 24.3 Å². The van der Waals surface area contributed by atoms with Gasteiger partial charge >= 0.3 is 0 Å². The molecular weight excluding hydrogens is 296 g/mol. The molecule has 6 rings (SSSR count). The van der Waals surface area contributed by atoms with Gasteiger partial charge in [-0.05, 0) is 96.6 Å². The molecule has 0 saturated heterocycles. The Bertz CT molecular complexity index is 717. The highest BCUT2D eigenvalue weighted by Crippen LogP contribution is 2.66. The number of aromatic hydroxyl groups is 2. The van der Waals surface area contributed by atoms with Crippen molar-refractivity contribution < 1.29 is 10.2 Å². The zero-order chi connectivity index (χ0) is 16.4. The van der Waals surface area contributed by atoms with Gasteiger partial charge in [0.2, 0.25) is 0 Å². The molecule has 4 fully saturated rings. The monoisotopic (exact) mass is 320 g/mol. The van der Waals surface area contributed by atoms with Crippen LogP contribution in [-0.2, 0) is 10.8 Å². The van der Waals surface area contributed by atoms with Gasteiger partial charge in [-0.1, -0.05) is 24.3 Å². The number of hydrogen-bond donors (Lipinski definition) is 2. The molecule has 0 spiro atoms. The lowest BCUT2D eigenvalue weighted by Crippen LogP contribution is -2.55. The predicted molar refractivity (Wildman–Crippen MR) is 94.3 cm³/mol. The molecule has 0 atom stereocenters. The van der Waals surface area contributed by atoms with E-state index in [9.17, 15) is 10.2 Å². The van der Waals surface area contributed by atoms with Gasteiger partial charge in [0.05, 0.1) is 0 Å². The van der Waals surface area contributed by atoms with Gasteiger partial charge in [0.1, 0.15) is 11.5 Å². The number of rotatable bonds is 2. The van der Waals surface area contributed by atoms with Crippen molar-refractivity contribution in [3.05, 3.63) is 59.7 Å². The molecule has 0 unspecified atom stereocenters. The van der Waals surface area contributed by atoms with Crippen LogP contribution in [0.3, 0.4) is 0 Å². The summed E-state index contributed by atoms with van der Waals surface area (Å²) in [4.78, 5) is 0. The summed E-state index contributed by atoms with van der Waals surface area (Å²) in [7, 11) is 0. The Morgan fingerprint density at radius 3 is 1.58 bits per heavy atom. The third-order valence-corrected chi connectivity index (χ3v) is 6.98. The molecule has 4 bridgehead atoms. The van der Waals surface area contributed by atoms with Crippen molar-refractivity contribution in [1.29, 1.82) is 0 Å². The van der Waals surface area contributed by atoms with Gasteiger partial charge in [0.25, 0.3) is 0 Å². The van der Waals surface area contributed by atoms with E-state index in [0.717, 1.165) is 18.3 Å². The Balaban J connectivity index is 1.63. The van der Waals surface area contributed by atoms with Crippen molar-refractivity contribution in [2.75, 3.05) is 0 Å². The largest absolute Gasteiger partial charge is 0.508 e. The van der Waals surface area contributed by atoms with Crippen LogP contribution in [0, 0.1) is 11.8 Å². The lowest BCUT2D eigenvalue weighted by Gasteiger charge is -2.62. The molecule has 4 aliphatic rings. The van der Waals surface area contributed by atoms with Crippen LogP contribution in [0.4, 0.5) is 0 Å². The van der Waals surface area contributed by atoms with Gasteiger partial charge in [0, 0.05) is 0 Å². The molecule has 0 heterocycles. The summed E-state index contributed by atoms with van der Waals surface area (Å²) in [5.41, 5.74) is 3.05. The van der Waals surface area contributed by atoms with Crippen molar-refractivity contribution in [3.63, 3.8) is 0 Å². The van der Waals surface area contributed by atoms with Crippen LogP contribution in [0.5, 0.6) is 11.5 Å². The maximum Gasteiger partial charge on any atom is 0.115 e. The fraction of sp³-hybridized carbons (Fsp3) is 0.455. The lowest BCUT2D eigenvalue weighted by atomic mass is 9.42. The summed E-state index contributed by atoms with van der Waals surface area (Å²) in [5.74, 6) is 2.32. The van der Waals surface area contributed by atoms with E-state index < -0.39 is 0 Å². The smallest absolute Gasteiger partial charge is 0.115 e. The van der Waals surface area contributed by atoms with Crippen LogP contribution < -0.4 is 0 Å². The van der Waals surface area contributed by atoms with Gasteiger partial charge < -0.3 is 10.2 Å². The van der Waals surface area contributed by atoms with Crippen LogP contribution in [0.15, 0.2) is 48.5 Å². The minimum Gasteiger partial charge on any atom is -0.508 e. The highest BCUT2D eigenvalue weighted by molar-refractivity contribution is 5.41. The molecule has 0 radical (unpaired) electrons. The van der Waals surface area contributed by atoms with Crippen LogP contribution in [0.2, 0.25) is 0 Å². The number of hydrogen-bond acceptors (Lipinski definition) is 2. The number of phenols is 2. The quantitative estimate of drug-likeness (QED) is 0.827. The van der Waals surface area contributed by atoms with Gasteiger partial charge in [-0.3, -0.25) is 0 Å². The van der Waals surface area contributed by atoms with E-state index in [2.05, 4.69) is 12.1 Å². The summed E-state index contributed by atoms with van der Waals surface area (Å²) in [6.07, 6.45) is 7.54. The third-order valence-electron chi connectivity index (χ3n) is 6.98. The molecule has 4 saturated carbocycles. The molecular formula is C22H24O2. The van der Waals surface area contributed by atoms with E-state index in [1.54, 1.807) is 12.1 Å². The standard InChI is InChI=1S/C22H24O2/c23-19-5-1-3-17(8-19)21-10-15-7-16(11-21)13-22(12-15,14-21)18-4-2-6-20(24)9-18/h1-6,8-9,15-16,23-24H,7,10-14H2. The molecule has 2 N–H and O–H groups in total. The zero-order valence-corrected chi connectivity index (χ0v) is 13.9. The Morgan fingerprint density at radius 1 is 0.708 bits per heavy atom. The zero-order valence-electron chi connectivity index (χ0n) is 13.9. The minimum atomic E-state index is 0.203. The molecule has 0 amide bonds. The minimum absolute atomic E-state index is 0.203. The first-order valence-corrected chi connectivity index (χ1v) is 9.16. The summed E-state index contributed by atoms with van der Waals surface area (Å²) in [5, 5.41) is 20.0. The first-order valence-electron chi connectivity index (χ1n) is 9.16. The van der Waals surface area contributed by atoms with Crippen molar-refractivity contribution in [3.8, 4) is 11.5 Å². The Hall–Kier alpha value is -1.96.